The largest absolute Gasteiger partial charge is 0.292 e. The number of hydrogen-bond acceptors (Lipinski definition) is 1. The molecule has 1 atom stereocenters. The quantitative estimate of drug-likeness (QED) is 0.172. The van der Waals surface area contributed by atoms with Crippen molar-refractivity contribution >= 4 is 11.0 Å². The van der Waals surface area contributed by atoms with Crippen LogP contribution >= 0.6 is 0 Å². The summed E-state index contributed by atoms with van der Waals surface area (Å²) in [6.07, 6.45) is 0. The molecule has 2 heteroatoms. The van der Waals surface area contributed by atoms with Crippen LogP contribution in [0.3, 0.4) is 0 Å². The molecule has 12 rings (SSSR count). The first-order valence-corrected chi connectivity index (χ1v) is 20.0. The van der Waals surface area contributed by atoms with Crippen molar-refractivity contribution in [1.29, 1.82) is 0 Å². The minimum absolute atomic E-state index is 0.479. The standard InChI is InChI=1S/C56H36N2/c1-4-16-38(17-5-1)46-35-48-44-23-11-13-25-50(44)56(52(48)36-47(46)39-18-6-2-7-19-39)49-24-12-10-22-43(49)45-33-32-41(34-51(45)56)37-28-30-40(31-29-37)55-57-53-26-14-15-27-54(53)58(55)42-20-8-3-9-21-42/h1-36H. The van der Waals surface area contributed by atoms with Crippen LogP contribution in [0.1, 0.15) is 22.3 Å². The third-order valence-corrected chi connectivity index (χ3v) is 12.4. The molecule has 9 aromatic carbocycles. The summed E-state index contributed by atoms with van der Waals surface area (Å²) in [7, 11) is 0. The topological polar surface area (TPSA) is 17.8 Å². The Morgan fingerprint density at radius 2 is 0.810 bits per heavy atom. The van der Waals surface area contributed by atoms with E-state index in [1.165, 1.54) is 77.9 Å². The van der Waals surface area contributed by atoms with Crippen molar-refractivity contribution in [3.8, 4) is 72.7 Å². The molecule has 0 radical (unpaired) electrons. The molecule has 270 valence electrons. The molecule has 0 aliphatic heterocycles. The summed E-state index contributed by atoms with van der Waals surface area (Å²) < 4.78 is 2.27. The van der Waals surface area contributed by atoms with Gasteiger partial charge in [0.25, 0.3) is 0 Å². The maximum atomic E-state index is 5.14. The molecule has 1 aromatic heterocycles. The molecule has 58 heavy (non-hydrogen) atoms. The van der Waals surface area contributed by atoms with E-state index in [9.17, 15) is 0 Å². The molecule has 2 nitrogen and oxygen atoms in total. The van der Waals surface area contributed by atoms with E-state index < -0.39 is 5.41 Å². The minimum atomic E-state index is -0.479. The predicted octanol–water partition coefficient (Wildman–Crippen LogP) is 14.0. The number of para-hydroxylation sites is 3. The molecule has 0 bridgehead atoms. The van der Waals surface area contributed by atoms with Crippen LogP contribution in [0.2, 0.25) is 0 Å². The number of aromatic nitrogens is 2. The Labute approximate surface area is 338 Å². The summed E-state index contributed by atoms with van der Waals surface area (Å²) in [6.45, 7) is 0. The molecular formula is C56H36N2. The highest BCUT2D eigenvalue weighted by atomic mass is 15.1. The van der Waals surface area contributed by atoms with E-state index >= 15 is 0 Å². The molecule has 2 aliphatic carbocycles. The average Bonchev–Trinajstić information content (AvgIpc) is 3.93. The number of rotatable bonds is 5. The van der Waals surface area contributed by atoms with Crippen LogP contribution < -0.4 is 0 Å². The summed E-state index contributed by atoms with van der Waals surface area (Å²) in [5.74, 6) is 0.936. The van der Waals surface area contributed by atoms with Crippen LogP contribution in [0, 0.1) is 0 Å². The van der Waals surface area contributed by atoms with Gasteiger partial charge in [0.15, 0.2) is 0 Å². The fourth-order valence-electron chi connectivity index (χ4n) is 9.95. The van der Waals surface area contributed by atoms with Gasteiger partial charge in [-0.25, -0.2) is 4.98 Å². The average molecular weight is 737 g/mol. The Morgan fingerprint density at radius 3 is 1.50 bits per heavy atom. The zero-order valence-corrected chi connectivity index (χ0v) is 31.7. The van der Waals surface area contributed by atoms with Crippen molar-refractivity contribution in [1.82, 2.24) is 9.55 Å². The summed E-state index contributed by atoms with van der Waals surface area (Å²) in [6, 6.07) is 79.9. The van der Waals surface area contributed by atoms with Gasteiger partial charge in [-0.05, 0) is 120 Å². The molecule has 0 amide bonds. The highest BCUT2D eigenvalue weighted by Gasteiger charge is 2.52. The second kappa shape index (κ2) is 12.7. The van der Waals surface area contributed by atoms with Gasteiger partial charge in [-0.2, -0.15) is 0 Å². The van der Waals surface area contributed by atoms with Crippen LogP contribution in [0.15, 0.2) is 218 Å². The zero-order chi connectivity index (χ0) is 38.2. The van der Waals surface area contributed by atoms with Crippen LogP contribution in [0.5, 0.6) is 0 Å². The SMILES string of the molecule is c1ccc(-c2cc3c(cc2-c2ccccc2)C2(c4ccccc4-c4ccc(-c5ccc(-c6nc7ccccc7n6-c6ccccc6)cc5)cc42)c2ccccc2-3)cc1. The third-order valence-electron chi connectivity index (χ3n) is 12.4. The second-order valence-corrected chi connectivity index (χ2v) is 15.4. The number of fused-ring (bicyclic) bond motifs is 11. The van der Waals surface area contributed by atoms with Crippen molar-refractivity contribution in [2.75, 3.05) is 0 Å². The number of hydrogen-bond donors (Lipinski definition) is 0. The zero-order valence-electron chi connectivity index (χ0n) is 31.7. The maximum Gasteiger partial charge on any atom is 0.145 e. The van der Waals surface area contributed by atoms with Gasteiger partial charge < -0.3 is 0 Å². The molecule has 1 spiro atoms. The van der Waals surface area contributed by atoms with Gasteiger partial charge in [0.05, 0.1) is 16.4 Å². The minimum Gasteiger partial charge on any atom is -0.292 e. The Bertz CT molecular complexity index is 3200. The van der Waals surface area contributed by atoms with Crippen LogP contribution in [0.4, 0.5) is 0 Å². The molecule has 10 aromatic rings. The molecule has 0 fully saturated rings. The van der Waals surface area contributed by atoms with E-state index in [1.807, 2.05) is 0 Å². The molecule has 2 aliphatic rings. The lowest BCUT2D eigenvalue weighted by molar-refractivity contribution is 0.794. The summed E-state index contributed by atoms with van der Waals surface area (Å²) in [5.41, 5.74) is 21.6. The first kappa shape index (κ1) is 32.7. The number of imidazole rings is 1. The van der Waals surface area contributed by atoms with Gasteiger partial charge in [0.2, 0.25) is 0 Å². The molecule has 1 heterocycles. The smallest absolute Gasteiger partial charge is 0.145 e. The molecule has 0 saturated heterocycles. The van der Waals surface area contributed by atoms with E-state index in [-0.39, 0.29) is 0 Å². The maximum absolute atomic E-state index is 5.14. The van der Waals surface area contributed by atoms with Crippen LogP contribution in [-0.4, -0.2) is 9.55 Å². The Balaban J connectivity index is 1.06. The van der Waals surface area contributed by atoms with Gasteiger partial charge >= 0.3 is 0 Å². The monoisotopic (exact) mass is 736 g/mol. The summed E-state index contributed by atoms with van der Waals surface area (Å²) in [4.78, 5) is 5.14. The van der Waals surface area contributed by atoms with Crippen molar-refractivity contribution in [2.45, 2.75) is 5.41 Å². The van der Waals surface area contributed by atoms with Gasteiger partial charge in [0, 0.05) is 11.3 Å². The normalized spacial score (nSPS) is 14.6. The third kappa shape index (κ3) is 4.69. The van der Waals surface area contributed by atoms with E-state index in [0.29, 0.717) is 0 Å². The van der Waals surface area contributed by atoms with Crippen molar-refractivity contribution < 1.29 is 0 Å². The predicted molar refractivity (Wildman–Crippen MR) is 239 cm³/mol. The Hall–Kier alpha value is -7.55. The first-order valence-electron chi connectivity index (χ1n) is 20.0. The summed E-state index contributed by atoms with van der Waals surface area (Å²) in [5, 5.41) is 0. The molecule has 0 N–H and O–H groups in total. The number of benzene rings is 9. The van der Waals surface area contributed by atoms with Gasteiger partial charge in [-0.1, -0.05) is 176 Å². The first-order chi connectivity index (χ1) is 28.8. The lowest BCUT2D eigenvalue weighted by Gasteiger charge is -2.31. The fraction of sp³-hybridized carbons (Fsp3) is 0.0179. The van der Waals surface area contributed by atoms with Crippen molar-refractivity contribution in [3.63, 3.8) is 0 Å². The van der Waals surface area contributed by atoms with Gasteiger partial charge in [-0.3, -0.25) is 4.57 Å². The molecule has 0 saturated carbocycles. The molecular weight excluding hydrogens is 701 g/mol. The highest BCUT2D eigenvalue weighted by molar-refractivity contribution is 5.99. The summed E-state index contributed by atoms with van der Waals surface area (Å²) >= 11 is 0. The van der Waals surface area contributed by atoms with E-state index in [0.717, 1.165) is 28.1 Å². The Morgan fingerprint density at radius 1 is 0.310 bits per heavy atom. The van der Waals surface area contributed by atoms with Crippen LogP contribution in [0.25, 0.3) is 83.7 Å². The second-order valence-electron chi connectivity index (χ2n) is 15.4. The lowest BCUT2D eigenvalue weighted by Crippen LogP contribution is -2.26. The van der Waals surface area contributed by atoms with Gasteiger partial charge in [-0.15, -0.1) is 0 Å². The van der Waals surface area contributed by atoms with Crippen molar-refractivity contribution in [2.24, 2.45) is 0 Å². The Kier molecular flexibility index (Phi) is 7.18. The van der Waals surface area contributed by atoms with E-state index in [1.54, 1.807) is 0 Å². The fourth-order valence-corrected chi connectivity index (χ4v) is 9.95. The lowest BCUT2D eigenvalue weighted by atomic mass is 9.69. The molecule has 1 unspecified atom stereocenters. The van der Waals surface area contributed by atoms with Crippen molar-refractivity contribution in [3.05, 3.63) is 241 Å². The van der Waals surface area contributed by atoms with Gasteiger partial charge in [0.1, 0.15) is 5.82 Å². The highest BCUT2D eigenvalue weighted by Crippen LogP contribution is 2.64. The van der Waals surface area contributed by atoms with Crippen LogP contribution in [-0.2, 0) is 5.41 Å². The van der Waals surface area contributed by atoms with E-state index in [4.69, 9.17) is 4.98 Å². The van der Waals surface area contributed by atoms with E-state index in [2.05, 4.69) is 223 Å². The number of nitrogens with zero attached hydrogens (tertiary/aromatic N) is 2.